The van der Waals surface area contributed by atoms with E-state index >= 15 is 0 Å². The molecule has 3 rings (SSSR count). The number of hydrogen-bond donors (Lipinski definition) is 1. The van der Waals surface area contributed by atoms with E-state index in [1.165, 1.54) is 23.9 Å². The number of ketones is 1. The summed E-state index contributed by atoms with van der Waals surface area (Å²) >= 11 is 0. The average Bonchev–Trinajstić information content (AvgIpc) is 3.43. The molecular formula is C20H21FN2O3. The predicted molar refractivity (Wildman–Crippen MR) is 96.0 cm³/mol. The molecule has 1 aliphatic carbocycles. The van der Waals surface area contributed by atoms with Gasteiger partial charge in [0.25, 0.3) is 11.5 Å². The van der Waals surface area contributed by atoms with E-state index in [0.717, 1.165) is 12.8 Å². The van der Waals surface area contributed by atoms with Gasteiger partial charge in [0.2, 0.25) is 0 Å². The summed E-state index contributed by atoms with van der Waals surface area (Å²) in [4.78, 5) is 37.2. The summed E-state index contributed by atoms with van der Waals surface area (Å²) in [5.41, 5.74) is 0.461. The molecule has 1 N–H and O–H groups in total. The highest BCUT2D eigenvalue weighted by atomic mass is 19.1. The number of carbonyl (C=O) groups excluding carboxylic acids is 2. The Morgan fingerprint density at radius 1 is 1.31 bits per heavy atom. The van der Waals surface area contributed by atoms with Gasteiger partial charge < -0.3 is 9.88 Å². The molecule has 1 saturated carbocycles. The molecule has 1 aromatic carbocycles. The summed E-state index contributed by atoms with van der Waals surface area (Å²) in [5, 5.41) is 2.42. The van der Waals surface area contributed by atoms with E-state index in [1.807, 2.05) is 0 Å². The molecule has 0 atom stereocenters. The molecule has 1 aliphatic rings. The van der Waals surface area contributed by atoms with E-state index in [4.69, 9.17) is 0 Å². The second-order valence-electron chi connectivity index (χ2n) is 6.77. The van der Waals surface area contributed by atoms with Gasteiger partial charge in [-0.05, 0) is 37.3 Å². The Hall–Kier alpha value is -2.76. The number of benzene rings is 1. The minimum Gasteiger partial charge on any atom is -0.355 e. The van der Waals surface area contributed by atoms with Crippen LogP contribution in [0, 0.1) is 18.7 Å². The number of Topliss-reactive ketones (excluding diaryl/α,β-unsaturated/α-hetero) is 1. The molecule has 136 valence electrons. The number of nitrogens with zero attached hydrogens (tertiary/aromatic N) is 1. The molecule has 0 radical (unpaired) electrons. The number of halogens is 1. The molecule has 0 unspecified atom stereocenters. The summed E-state index contributed by atoms with van der Waals surface area (Å²) < 4.78 is 15.6. The third-order valence-electron chi connectivity index (χ3n) is 4.66. The highest BCUT2D eigenvalue weighted by molar-refractivity contribution is 6.00. The Morgan fingerprint density at radius 2 is 2.04 bits per heavy atom. The fraction of sp³-hybridized carbons (Fsp3) is 0.350. The maximum atomic E-state index is 14.3. The van der Waals surface area contributed by atoms with Gasteiger partial charge in [0.15, 0.2) is 5.78 Å². The van der Waals surface area contributed by atoms with Crippen LogP contribution in [0.2, 0.25) is 0 Å². The lowest BCUT2D eigenvalue weighted by Gasteiger charge is -2.12. The average molecular weight is 356 g/mol. The monoisotopic (exact) mass is 356 g/mol. The van der Waals surface area contributed by atoms with Crippen molar-refractivity contribution >= 4 is 11.7 Å². The quantitative estimate of drug-likeness (QED) is 0.809. The van der Waals surface area contributed by atoms with Crippen molar-refractivity contribution < 1.29 is 14.0 Å². The SMILES string of the molecule is CNC(=O)c1cc(C(=O)CC2CC2)cn(Cc2cccc(C)c2F)c1=O. The lowest BCUT2D eigenvalue weighted by Crippen LogP contribution is -2.32. The molecule has 1 amide bonds. The molecule has 6 heteroatoms. The molecular weight excluding hydrogens is 335 g/mol. The summed E-state index contributed by atoms with van der Waals surface area (Å²) in [5.74, 6) is -0.665. The number of nitrogens with one attached hydrogen (secondary N) is 1. The van der Waals surface area contributed by atoms with Crippen molar-refractivity contribution in [1.82, 2.24) is 9.88 Å². The standard InChI is InChI=1S/C20H21FN2O3/c1-12-4-3-5-14(18(12)21)10-23-11-15(17(24)8-13-6-7-13)9-16(20(23)26)19(25)22-2/h3-5,9,11,13H,6-8,10H2,1-2H3,(H,22,25). The second kappa shape index (κ2) is 7.23. The first kappa shape index (κ1) is 18.0. The Labute approximate surface area is 150 Å². The van der Waals surface area contributed by atoms with E-state index in [2.05, 4.69) is 5.32 Å². The molecule has 1 aromatic heterocycles. The third-order valence-corrected chi connectivity index (χ3v) is 4.66. The maximum Gasteiger partial charge on any atom is 0.263 e. The van der Waals surface area contributed by atoms with Crippen molar-refractivity contribution in [3.63, 3.8) is 0 Å². The van der Waals surface area contributed by atoms with E-state index in [-0.39, 0.29) is 17.9 Å². The Balaban J connectivity index is 2.04. The third kappa shape index (κ3) is 3.74. The molecule has 0 bridgehead atoms. The van der Waals surface area contributed by atoms with Crippen LogP contribution >= 0.6 is 0 Å². The molecule has 5 nitrogen and oxygen atoms in total. The molecule has 0 saturated heterocycles. The lowest BCUT2D eigenvalue weighted by atomic mass is 10.0. The van der Waals surface area contributed by atoms with Crippen LogP contribution in [0.1, 0.15) is 51.1 Å². The van der Waals surface area contributed by atoms with Gasteiger partial charge in [-0.15, -0.1) is 0 Å². The Bertz CT molecular complexity index is 929. The van der Waals surface area contributed by atoms with Crippen LogP contribution in [0.3, 0.4) is 0 Å². The first-order valence-electron chi connectivity index (χ1n) is 8.64. The highest BCUT2D eigenvalue weighted by Crippen LogP contribution is 2.33. The van der Waals surface area contributed by atoms with Crippen LogP contribution in [0.15, 0.2) is 35.3 Å². The van der Waals surface area contributed by atoms with Gasteiger partial charge >= 0.3 is 0 Å². The number of hydrogen-bond acceptors (Lipinski definition) is 3. The molecule has 2 aromatic rings. The summed E-state index contributed by atoms with van der Waals surface area (Å²) in [6.45, 7) is 1.61. The lowest BCUT2D eigenvalue weighted by molar-refractivity contribution is 0.0961. The normalized spacial score (nSPS) is 13.5. The van der Waals surface area contributed by atoms with Gasteiger partial charge in [0, 0.05) is 30.8 Å². The van der Waals surface area contributed by atoms with E-state index in [1.54, 1.807) is 25.1 Å². The van der Waals surface area contributed by atoms with Crippen molar-refractivity contribution in [1.29, 1.82) is 0 Å². The van der Waals surface area contributed by atoms with Gasteiger partial charge in [-0.25, -0.2) is 4.39 Å². The summed E-state index contributed by atoms with van der Waals surface area (Å²) in [7, 11) is 1.42. The van der Waals surface area contributed by atoms with Gasteiger partial charge in [-0.3, -0.25) is 14.4 Å². The largest absolute Gasteiger partial charge is 0.355 e. The molecule has 0 aliphatic heterocycles. The zero-order chi connectivity index (χ0) is 18.8. The van der Waals surface area contributed by atoms with E-state index < -0.39 is 17.3 Å². The minimum atomic E-state index is -0.561. The fourth-order valence-electron chi connectivity index (χ4n) is 2.92. The smallest absolute Gasteiger partial charge is 0.263 e. The van der Waals surface area contributed by atoms with Crippen LogP contribution in [-0.2, 0) is 6.54 Å². The number of aryl methyl sites for hydroxylation is 1. The fourth-order valence-corrected chi connectivity index (χ4v) is 2.92. The van der Waals surface area contributed by atoms with Gasteiger partial charge in [-0.1, -0.05) is 18.2 Å². The Morgan fingerprint density at radius 3 is 2.69 bits per heavy atom. The van der Waals surface area contributed by atoms with Gasteiger partial charge in [0.05, 0.1) is 6.54 Å². The summed E-state index contributed by atoms with van der Waals surface area (Å²) in [6, 6.07) is 6.29. The minimum absolute atomic E-state index is 0.0408. The van der Waals surface area contributed by atoms with Crippen molar-refractivity contribution in [3.8, 4) is 0 Å². The van der Waals surface area contributed by atoms with Crippen LogP contribution in [0.25, 0.3) is 0 Å². The van der Waals surface area contributed by atoms with Crippen LogP contribution in [0.5, 0.6) is 0 Å². The summed E-state index contributed by atoms with van der Waals surface area (Å²) in [6.07, 6.45) is 3.90. The first-order valence-corrected chi connectivity index (χ1v) is 8.64. The number of carbonyl (C=O) groups is 2. The Kier molecular flexibility index (Phi) is 5.02. The molecule has 26 heavy (non-hydrogen) atoms. The molecule has 1 fully saturated rings. The maximum absolute atomic E-state index is 14.3. The van der Waals surface area contributed by atoms with Gasteiger partial charge in [-0.2, -0.15) is 0 Å². The number of amides is 1. The first-order chi connectivity index (χ1) is 12.4. The molecule has 1 heterocycles. The number of aromatic nitrogens is 1. The topological polar surface area (TPSA) is 68.2 Å². The van der Waals surface area contributed by atoms with Crippen molar-refractivity contribution in [2.75, 3.05) is 7.05 Å². The second-order valence-corrected chi connectivity index (χ2v) is 6.77. The predicted octanol–water partition coefficient (Wildman–Crippen LogP) is 2.69. The molecule has 0 spiro atoms. The van der Waals surface area contributed by atoms with Crippen LogP contribution < -0.4 is 10.9 Å². The van der Waals surface area contributed by atoms with Crippen molar-refractivity contribution in [3.05, 3.63) is 68.9 Å². The zero-order valence-electron chi connectivity index (χ0n) is 14.8. The number of pyridine rings is 1. The van der Waals surface area contributed by atoms with Crippen LogP contribution in [0.4, 0.5) is 4.39 Å². The zero-order valence-corrected chi connectivity index (χ0v) is 14.8. The van der Waals surface area contributed by atoms with Crippen LogP contribution in [-0.4, -0.2) is 23.3 Å². The van der Waals surface area contributed by atoms with E-state index in [0.29, 0.717) is 29.0 Å². The van der Waals surface area contributed by atoms with Gasteiger partial charge in [0.1, 0.15) is 11.4 Å². The highest BCUT2D eigenvalue weighted by Gasteiger charge is 2.26. The number of rotatable bonds is 6. The van der Waals surface area contributed by atoms with E-state index in [9.17, 15) is 18.8 Å². The van der Waals surface area contributed by atoms with Crippen molar-refractivity contribution in [2.45, 2.75) is 32.7 Å². The van der Waals surface area contributed by atoms with Crippen molar-refractivity contribution in [2.24, 2.45) is 5.92 Å².